The lowest BCUT2D eigenvalue weighted by Crippen LogP contribution is -2.16. The molecule has 0 saturated heterocycles. The van der Waals surface area contributed by atoms with E-state index in [1.165, 1.54) is 66.1 Å². The van der Waals surface area contributed by atoms with Crippen molar-refractivity contribution in [3.8, 4) is 22.3 Å². The Kier molecular flexibility index (Phi) is 7.59. The summed E-state index contributed by atoms with van der Waals surface area (Å²) < 4.78 is 0. The zero-order valence-electron chi connectivity index (χ0n) is 33.4. The van der Waals surface area contributed by atoms with Crippen LogP contribution in [0.4, 0.5) is 34.1 Å². The smallest absolute Gasteiger partial charge is 0.0567 e. The van der Waals surface area contributed by atoms with Crippen LogP contribution in [0, 0.1) is 0 Å². The molecule has 2 nitrogen and oxygen atoms in total. The molecule has 278 valence electrons. The lowest BCUT2D eigenvalue weighted by molar-refractivity contribution is 0.660. The van der Waals surface area contributed by atoms with Gasteiger partial charge in [0.2, 0.25) is 0 Å². The molecule has 2 aliphatic rings. The number of rotatable bonds is 6. The van der Waals surface area contributed by atoms with Gasteiger partial charge < -0.3 is 9.80 Å². The van der Waals surface area contributed by atoms with Crippen molar-refractivity contribution in [2.75, 3.05) is 9.80 Å². The van der Waals surface area contributed by atoms with E-state index < -0.39 is 0 Å². The Balaban J connectivity index is 1.19. The highest BCUT2D eigenvalue weighted by atomic mass is 15.2. The Hall–Kier alpha value is -6.90. The summed E-state index contributed by atoms with van der Waals surface area (Å²) in [5.74, 6) is 0. The zero-order valence-corrected chi connectivity index (χ0v) is 33.4. The molecule has 0 saturated carbocycles. The van der Waals surface area contributed by atoms with E-state index in [2.05, 4.69) is 232 Å². The summed E-state index contributed by atoms with van der Waals surface area (Å²) in [6.45, 7) is 9.41. The molecule has 2 aliphatic carbocycles. The van der Waals surface area contributed by atoms with Gasteiger partial charge in [0.05, 0.1) is 5.69 Å². The number of para-hydroxylation sites is 2. The quantitative estimate of drug-likeness (QED) is 0.156. The van der Waals surface area contributed by atoms with Gasteiger partial charge in [-0.05, 0) is 121 Å². The van der Waals surface area contributed by atoms with Crippen LogP contribution in [0.1, 0.15) is 49.9 Å². The van der Waals surface area contributed by atoms with Crippen molar-refractivity contribution in [3.05, 3.63) is 216 Å². The van der Waals surface area contributed by atoms with Gasteiger partial charge >= 0.3 is 0 Å². The van der Waals surface area contributed by atoms with Gasteiger partial charge in [-0.25, -0.2) is 0 Å². The molecule has 58 heavy (non-hydrogen) atoms. The average Bonchev–Trinajstić information content (AvgIpc) is 3.63. The van der Waals surface area contributed by atoms with E-state index in [0.717, 1.165) is 34.1 Å². The van der Waals surface area contributed by atoms with Gasteiger partial charge in [0.15, 0.2) is 0 Å². The maximum atomic E-state index is 2.48. The fourth-order valence-corrected chi connectivity index (χ4v) is 10.1. The Bertz CT molecular complexity index is 3070. The van der Waals surface area contributed by atoms with Crippen molar-refractivity contribution in [1.29, 1.82) is 0 Å². The van der Waals surface area contributed by atoms with Crippen molar-refractivity contribution >= 4 is 55.7 Å². The van der Waals surface area contributed by atoms with E-state index in [4.69, 9.17) is 0 Å². The number of benzene rings is 9. The SMILES string of the molecule is CC1(C)c2ccccc2-c2cc(N(c3ccccc3)c3cc(N(c4ccccc4)c4ccc5c(c4)-c4ccccc4C5(C)C)c4c(ccc5ccccc54)c3)ccc21. The summed E-state index contributed by atoms with van der Waals surface area (Å²) in [4.78, 5) is 4.92. The molecule has 9 aromatic carbocycles. The van der Waals surface area contributed by atoms with Gasteiger partial charge in [-0.3, -0.25) is 0 Å². The van der Waals surface area contributed by atoms with Crippen LogP contribution in [-0.2, 0) is 10.8 Å². The fraction of sp³-hybridized carbons (Fsp3) is 0.107. The minimum atomic E-state index is -0.0768. The zero-order chi connectivity index (χ0) is 39.2. The molecular formula is C56H44N2. The third kappa shape index (κ3) is 5.11. The van der Waals surface area contributed by atoms with Crippen LogP contribution in [0.2, 0.25) is 0 Å². The molecule has 0 unspecified atom stereocenters. The molecule has 0 aromatic heterocycles. The van der Waals surface area contributed by atoms with Crippen molar-refractivity contribution in [2.24, 2.45) is 0 Å². The second-order valence-electron chi connectivity index (χ2n) is 17.0. The topological polar surface area (TPSA) is 6.48 Å². The molecule has 0 amide bonds. The summed E-state index contributed by atoms with van der Waals surface area (Å²) in [5.41, 5.74) is 17.3. The Morgan fingerprint density at radius 1 is 0.310 bits per heavy atom. The molecule has 2 heteroatoms. The van der Waals surface area contributed by atoms with E-state index in [9.17, 15) is 0 Å². The largest absolute Gasteiger partial charge is 0.310 e. The molecule has 0 bridgehead atoms. The molecule has 0 N–H and O–H groups in total. The van der Waals surface area contributed by atoms with E-state index in [1.807, 2.05) is 0 Å². The Labute approximate surface area is 341 Å². The molecular weight excluding hydrogens is 701 g/mol. The van der Waals surface area contributed by atoms with Crippen LogP contribution in [0.5, 0.6) is 0 Å². The third-order valence-electron chi connectivity index (χ3n) is 13.0. The van der Waals surface area contributed by atoms with Gasteiger partial charge in [0.25, 0.3) is 0 Å². The van der Waals surface area contributed by atoms with Gasteiger partial charge in [-0.2, -0.15) is 0 Å². The van der Waals surface area contributed by atoms with Crippen molar-refractivity contribution < 1.29 is 0 Å². The van der Waals surface area contributed by atoms with Crippen molar-refractivity contribution in [2.45, 2.75) is 38.5 Å². The average molecular weight is 745 g/mol. The molecule has 0 atom stereocenters. The van der Waals surface area contributed by atoms with E-state index in [1.54, 1.807) is 0 Å². The molecule has 9 aromatic rings. The van der Waals surface area contributed by atoms with Crippen molar-refractivity contribution in [1.82, 2.24) is 0 Å². The highest BCUT2D eigenvalue weighted by molar-refractivity contribution is 6.16. The predicted octanol–water partition coefficient (Wildman–Crippen LogP) is 15.5. The number of anilines is 6. The minimum Gasteiger partial charge on any atom is -0.310 e. The number of hydrogen-bond donors (Lipinski definition) is 0. The van der Waals surface area contributed by atoms with Crippen LogP contribution in [-0.4, -0.2) is 0 Å². The second-order valence-corrected chi connectivity index (χ2v) is 17.0. The van der Waals surface area contributed by atoms with E-state index in [0.29, 0.717) is 0 Å². The van der Waals surface area contributed by atoms with Crippen LogP contribution < -0.4 is 9.80 Å². The first kappa shape index (κ1) is 34.4. The van der Waals surface area contributed by atoms with Crippen LogP contribution in [0.15, 0.2) is 194 Å². The van der Waals surface area contributed by atoms with Crippen LogP contribution in [0.3, 0.4) is 0 Å². The first-order chi connectivity index (χ1) is 28.3. The van der Waals surface area contributed by atoms with Gasteiger partial charge in [-0.15, -0.1) is 0 Å². The normalized spacial score (nSPS) is 14.1. The highest BCUT2D eigenvalue weighted by Crippen LogP contribution is 2.54. The van der Waals surface area contributed by atoms with Gasteiger partial charge in [0, 0.05) is 44.7 Å². The Morgan fingerprint density at radius 3 is 1.38 bits per heavy atom. The predicted molar refractivity (Wildman–Crippen MR) is 246 cm³/mol. The number of hydrogen-bond acceptors (Lipinski definition) is 2. The summed E-state index contributed by atoms with van der Waals surface area (Å²) in [6, 6.07) is 72.0. The maximum absolute atomic E-state index is 2.48. The molecule has 0 aliphatic heterocycles. The standard InChI is InChI=1S/C56H44N2/c1-55(2)49-25-15-13-23-45(49)47-34-41(29-31-51(47)55)57(39-18-7-5-8-19-39)43-33-38-28-27-37-17-11-12-22-44(37)54(38)53(36-43)58(40-20-9-6-10-21-40)42-30-32-52-48(35-42)46-24-14-16-26-50(46)56(52,3)4/h5-36H,1-4H3. The molecule has 11 rings (SSSR count). The fourth-order valence-electron chi connectivity index (χ4n) is 10.1. The monoisotopic (exact) mass is 744 g/mol. The first-order valence-corrected chi connectivity index (χ1v) is 20.4. The third-order valence-corrected chi connectivity index (χ3v) is 13.0. The summed E-state index contributed by atoms with van der Waals surface area (Å²) in [7, 11) is 0. The van der Waals surface area contributed by atoms with E-state index in [-0.39, 0.29) is 10.8 Å². The van der Waals surface area contributed by atoms with Crippen molar-refractivity contribution in [3.63, 3.8) is 0 Å². The molecule has 0 radical (unpaired) electrons. The minimum absolute atomic E-state index is 0.0685. The van der Waals surface area contributed by atoms with Gasteiger partial charge in [0.1, 0.15) is 0 Å². The van der Waals surface area contributed by atoms with Gasteiger partial charge in [-0.1, -0.05) is 161 Å². The summed E-state index contributed by atoms with van der Waals surface area (Å²) in [6.07, 6.45) is 0. The number of fused-ring (bicyclic) bond motifs is 9. The molecule has 0 fully saturated rings. The summed E-state index contributed by atoms with van der Waals surface area (Å²) >= 11 is 0. The maximum Gasteiger partial charge on any atom is 0.0567 e. The molecule has 0 heterocycles. The lowest BCUT2D eigenvalue weighted by atomic mass is 9.82. The second kappa shape index (κ2) is 12.8. The summed E-state index contributed by atoms with van der Waals surface area (Å²) in [5, 5.41) is 4.87. The lowest BCUT2D eigenvalue weighted by Gasteiger charge is -2.32. The Morgan fingerprint density at radius 2 is 0.776 bits per heavy atom. The van der Waals surface area contributed by atoms with Crippen LogP contribution >= 0.6 is 0 Å². The highest BCUT2D eigenvalue weighted by Gasteiger charge is 2.37. The first-order valence-electron chi connectivity index (χ1n) is 20.4. The van der Waals surface area contributed by atoms with E-state index >= 15 is 0 Å². The number of nitrogens with zero attached hydrogens (tertiary/aromatic N) is 2. The molecule has 0 spiro atoms. The van der Waals surface area contributed by atoms with Crippen LogP contribution in [0.25, 0.3) is 43.8 Å².